The van der Waals surface area contributed by atoms with Crippen LogP contribution >= 0.6 is 0 Å². The van der Waals surface area contributed by atoms with Crippen molar-refractivity contribution in [1.82, 2.24) is 18.6 Å². The minimum atomic E-state index is -3.16. The van der Waals surface area contributed by atoms with Crippen molar-refractivity contribution in [3.63, 3.8) is 0 Å². The molecule has 2 aromatic carbocycles. The number of hydrogen-bond acceptors (Lipinski definition) is 5. The number of hydrogen-bond donors (Lipinski definition) is 0. The average Bonchev–Trinajstić information content (AvgIpc) is 3.22. The van der Waals surface area contributed by atoms with E-state index < -0.39 is 10.0 Å². The summed E-state index contributed by atoms with van der Waals surface area (Å²) in [6.07, 6.45) is 3.42. The second kappa shape index (κ2) is 9.81. The summed E-state index contributed by atoms with van der Waals surface area (Å²) in [5.41, 5.74) is 6.18. The SMILES string of the molecule is CCOc1cccc(-c2ccc3nc(-c4ccccc4)c(CN4CCN(S(C)(=O)=O)CC4)n3c2)c1. The molecule has 0 aliphatic carbocycles. The van der Waals surface area contributed by atoms with Gasteiger partial charge in [-0.2, -0.15) is 4.31 Å². The molecule has 0 spiro atoms. The van der Waals surface area contributed by atoms with Crippen LogP contribution in [0.25, 0.3) is 28.0 Å². The highest BCUT2D eigenvalue weighted by atomic mass is 32.2. The van der Waals surface area contributed by atoms with Crippen LogP contribution in [0.5, 0.6) is 5.75 Å². The van der Waals surface area contributed by atoms with Gasteiger partial charge in [-0.3, -0.25) is 4.90 Å². The predicted molar refractivity (Wildman–Crippen MR) is 139 cm³/mol. The van der Waals surface area contributed by atoms with Gasteiger partial charge in [-0.05, 0) is 42.3 Å². The summed E-state index contributed by atoms with van der Waals surface area (Å²) in [6.45, 7) is 5.68. The molecule has 2 aromatic heterocycles. The highest BCUT2D eigenvalue weighted by Gasteiger charge is 2.25. The Morgan fingerprint density at radius 1 is 0.886 bits per heavy atom. The summed E-state index contributed by atoms with van der Waals surface area (Å²) in [4.78, 5) is 7.30. The van der Waals surface area contributed by atoms with E-state index >= 15 is 0 Å². The van der Waals surface area contributed by atoms with Gasteiger partial charge in [-0.25, -0.2) is 13.4 Å². The molecule has 8 heteroatoms. The van der Waals surface area contributed by atoms with Crippen LogP contribution < -0.4 is 4.74 Å². The number of ether oxygens (including phenoxy) is 1. The zero-order chi connectivity index (χ0) is 24.4. The molecule has 0 unspecified atom stereocenters. The number of sulfonamides is 1. The molecule has 35 heavy (non-hydrogen) atoms. The lowest BCUT2D eigenvalue weighted by Gasteiger charge is -2.33. The van der Waals surface area contributed by atoms with Crippen LogP contribution in [-0.4, -0.2) is 66.0 Å². The summed E-state index contributed by atoms with van der Waals surface area (Å²) in [7, 11) is -3.16. The summed E-state index contributed by atoms with van der Waals surface area (Å²) in [5, 5.41) is 0. The number of aromatic nitrogens is 2. The molecule has 3 heterocycles. The molecule has 1 aliphatic heterocycles. The van der Waals surface area contributed by atoms with Crippen LogP contribution in [0.3, 0.4) is 0 Å². The van der Waals surface area contributed by atoms with Gasteiger partial charge in [0.1, 0.15) is 11.4 Å². The summed E-state index contributed by atoms with van der Waals surface area (Å²) < 4.78 is 33.3. The van der Waals surface area contributed by atoms with Crippen molar-refractivity contribution >= 4 is 15.7 Å². The van der Waals surface area contributed by atoms with Crippen LogP contribution in [-0.2, 0) is 16.6 Å². The van der Waals surface area contributed by atoms with Crippen molar-refractivity contribution in [3.05, 3.63) is 78.6 Å². The molecule has 1 saturated heterocycles. The molecule has 4 aromatic rings. The van der Waals surface area contributed by atoms with Crippen LogP contribution in [0, 0.1) is 0 Å². The molecule has 0 amide bonds. The number of pyridine rings is 1. The van der Waals surface area contributed by atoms with Crippen LogP contribution in [0.1, 0.15) is 12.6 Å². The van der Waals surface area contributed by atoms with Gasteiger partial charge < -0.3 is 9.14 Å². The minimum absolute atomic E-state index is 0.506. The smallest absolute Gasteiger partial charge is 0.211 e. The van der Waals surface area contributed by atoms with E-state index in [1.807, 2.05) is 37.3 Å². The Morgan fingerprint density at radius 3 is 2.34 bits per heavy atom. The molecule has 0 N–H and O–H groups in total. The van der Waals surface area contributed by atoms with Crippen LogP contribution in [0.4, 0.5) is 0 Å². The van der Waals surface area contributed by atoms with E-state index in [0.717, 1.165) is 39.5 Å². The third kappa shape index (κ3) is 5.10. The van der Waals surface area contributed by atoms with Gasteiger partial charge >= 0.3 is 0 Å². The maximum Gasteiger partial charge on any atom is 0.211 e. The van der Waals surface area contributed by atoms with Crippen molar-refractivity contribution in [2.75, 3.05) is 39.0 Å². The fourth-order valence-electron chi connectivity index (χ4n) is 4.61. The van der Waals surface area contributed by atoms with E-state index in [0.29, 0.717) is 39.3 Å². The molecule has 182 valence electrons. The highest BCUT2D eigenvalue weighted by molar-refractivity contribution is 7.88. The number of imidazole rings is 1. The molecule has 7 nitrogen and oxygen atoms in total. The van der Waals surface area contributed by atoms with Gasteiger partial charge in [0.25, 0.3) is 0 Å². The lowest BCUT2D eigenvalue weighted by molar-refractivity contribution is 0.180. The topological polar surface area (TPSA) is 67.2 Å². The zero-order valence-electron chi connectivity index (χ0n) is 20.1. The monoisotopic (exact) mass is 490 g/mol. The normalized spacial score (nSPS) is 15.5. The van der Waals surface area contributed by atoms with Gasteiger partial charge in [0, 0.05) is 44.5 Å². The lowest BCUT2D eigenvalue weighted by atomic mass is 10.1. The number of nitrogens with zero attached hydrogens (tertiary/aromatic N) is 4. The predicted octanol–water partition coefficient (Wildman–Crippen LogP) is 4.14. The summed E-state index contributed by atoms with van der Waals surface area (Å²) in [5.74, 6) is 0.852. The molecule has 0 radical (unpaired) electrons. The third-order valence-electron chi connectivity index (χ3n) is 6.42. The Hall–Kier alpha value is -3.20. The van der Waals surface area contributed by atoms with Gasteiger partial charge in [-0.1, -0.05) is 42.5 Å². The van der Waals surface area contributed by atoms with E-state index in [-0.39, 0.29) is 0 Å². The average molecular weight is 491 g/mol. The molecule has 1 aliphatic rings. The number of fused-ring (bicyclic) bond motifs is 1. The molecule has 1 fully saturated rings. The molecule has 0 bridgehead atoms. The first-order valence-electron chi connectivity index (χ1n) is 11.9. The zero-order valence-corrected chi connectivity index (χ0v) is 20.9. The molecule has 0 saturated carbocycles. The molecule has 0 atom stereocenters. The molecule has 5 rings (SSSR count). The van der Waals surface area contributed by atoms with Crippen molar-refractivity contribution < 1.29 is 13.2 Å². The highest BCUT2D eigenvalue weighted by Crippen LogP contribution is 2.30. The number of benzene rings is 2. The van der Waals surface area contributed by atoms with Crippen molar-refractivity contribution in [1.29, 1.82) is 0 Å². The summed E-state index contributed by atoms with van der Waals surface area (Å²) in [6, 6.07) is 22.5. The van der Waals surface area contributed by atoms with E-state index in [1.165, 1.54) is 6.26 Å². The van der Waals surface area contributed by atoms with Crippen LogP contribution in [0.2, 0.25) is 0 Å². The van der Waals surface area contributed by atoms with E-state index in [9.17, 15) is 8.42 Å². The number of rotatable bonds is 7. The number of piperazine rings is 1. The molecular formula is C27H30N4O3S. The van der Waals surface area contributed by atoms with E-state index in [2.05, 4.69) is 51.9 Å². The Morgan fingerprint density at radius 2 is 1.63 bits per heavy atom. The third-order valence-corrected chi connectivity index (χ3v) is 7.72. The van der Waals surface area contributed by atoms with Crippen molar-refractivity contribution in [2.45, 2.75) is 13.5 Å². The first kappa shape index (κ1) is 23.5. The second-order valence-electron chi connectivity index (χ2n) is 8.82. The fraction of sp³-hybridized carbons (Fsp3) is 0.296. The standard InChI is InChI=1S/C27H30N4O3S/c1-3-34-24-11-7-10-22(18-24)23-12-13-26-28-27(21-8-5-4-6-9-21)25(31(26)19-23)20-29-14-16-30(17-15-29)35(2,32)33/h4-13,18-19H,3,14-17,20H2,1-2H3. The first-order valence-corrected chi connectivity index (χ1v) is 13.7. The van der Waals surface area contributed by atoms with E-state index in [1.54, 1.807) is 4.31 Å². The quantitative estimate of drug-likeness (QED) is 0.390. The van der Waals surface area contributed by atoms with Gasteiger partial charge in [0.05, 0.1) is 24.3 Å². The van der Waals surface area contributed by atoms with Crippen LogP contribution in [0.15, 0.2) is 72.9 Å². The Labute approximate surface area is 206 Å². The first-order chi connectivity index (χ1) is 16.9. The van der Waals surface area contributed by atoms with Crippen molar-refractivity contribution in [3.8, 4) is 28.1 Å². The van der Waals surface area contributed by atoms with E-state index in [4.69, 9.17) is 9.72 Å². The summed E-state index contributed by atoms with van der Waals surface area (Å²) >= 11 is 0. The second-order valence-corrected chi connectivity index (χ2v) is 10.8. The Kier molecular flexibility index (Phi) is 6.60. The minimum Gasteiger partial charge on any atom is -0.494 e. The lowest BCUT2D eigenvalue weighted by Crippen LogP contribution is -2.47. The van der Waals surface area contributed by atoms with Gasteiger partial charge in [-0.15, -0.1) is 0 Å². The van der Waals surface area contributed by atoms with Gasteiger partial charge in [0.2, 0.25) is 10.0 Å². The Bertz CT molecular complexity index is 1430. The largest absolute Gasteiger partial charge is 0.494 e. The molecular weight excluding hydrogens is 460 g/mol. The maximum atomic E-state index is 11.9. The Balaban J connectivity index is 1.53. The fourth-order valence-corrected chi connectivity index (χ4v) is 5.43. The van der Waals surface area contributed by atoms with Crippen molar-refractivity contribution in [2.24, 2.45) is 0 Å². The maximum absolute atomic E-state index is 11.9. The van der Waals surface area contributed by atoms with Gasteiger partial charge in [0.15, 0.2) is 0 Å².